The van der Waals surface area contributed by atoms with Gasteiger partial charge in [0, 0.05) is 25.2 Å². The van der Waals surface area contributed by atoms with Crippen LogP contribution >= 0.6 is 0 Å². The van der Waals surface area contributed by atoms with E-state index >= 15 is 0 Å². The number of rotatable bonds is 6. The number of amides is 1. The minimum absolute atomic E-state index is 0.0688. The Kier molecular flexibility index (Phi) is 5.09. The molecule has 0 saturated heterocycles. The van der Waals surface area contributed by atoms with Crippen LogP contribution in [0.3, 0.4) is 0 Å². The van der Waals surface area contributed by atoms with Crippen molar-refractivity contribution in [2.24, 2.45) is 0 Å². The lowest BCUT2D eigenvalue weighted by molar-refractivity contribution is 0.0955. The lowest BCUT2D eigenvalue weighted by Gasteiger charge is -2.09. The lowest BCUT2D eigenvalue weighted by atomic mass is 10.0. The van der Waals surface area contributed by atoms with E-state index in [4.69, 9.17) is 5.11 Å². The van der Waals surface area contributed by atoms with Gasteiger partial charge in [-0.05, 0) is 23.8 Å². The molecule has 0 aromatic heterocycles. The molecule has 0 bridgehead atoms. The number of fused-ring (bicyclic) bond motifs is 1. The molecule has 0 spiro atoms. The molecule has 1 atom stereocenters. The van der Waals surface area contributed by atoms with E-state index in [1.54, 1.807) is 6.92 Å². The number of hydrogen-bond acceptors (Lipinski definition) is 3. The Bertz CT molecular complexity index is 576. The molecule has 2 rings (SSSR count). The first-order chi connectivity index (χ1) is 9.68. The van der Waals surface area contributed by atoms with Gasteiger partial charge < -0.3 is 15.7 Å². The predicted octanol–water partition coefficient (Wildman–Crippen LogP) is 1.54. The van der Waals surface area contributed by atoms with Crippen molar-refractivity contribution in [2.45, 2.75) is 13.0 Å². The van der Waals surface area contributed by atoms with Crippen LogP contribution in [0.2, 0.25) is 0 Å². The number of aliphatic hydroxyl groups is 1. The van der Waals surface area contributed by atoms with E-state index in [-0.39, 0.29) is 12.0 Å². The smallest absolute Gasteiger partial charge is 0.251 e. The molecule has 20 heavy (non-hydrogen) atoms. The number of nitrogens with one attached hydrogen (secondary N) is 2. The molecule has 2 aromatic rings. The standard InChI is InChI=1S/C16H20N2O2/c1-12(19)11-17-9-10-18-16(20)15-8-4-6-13-5-2-3-7-14(13)15/h2-8,12,17,19H,9-11H2,1H3,(H,18,20). The fourth-order valence-electron chi connectivity index (χ4n) is 2.09. The maximum Gasteiger partial charge on any atom is 0.251 e. The number of benzene rings is 2. The molecule has 3 N–H and O–H groups in total. The molecular weight excluding hydrogens is 252 g/mol. The van der Waals surface area contributed by atoms with Crippen LogP contribution in [0, 0.1) is 0 Å². The van der Waals surface area contributed by atoms with Crippen molar-refractivity contribution in [1.29, 1.82) is 0 Å². The molecule has 2 aromatic carbocycles. The third kappa shape index (κ3) is 3.79. The van der Waals surface area contributed by atoms with Crippen LogP contribution in [-0.2, 0) is 0 Å². The molecule has 1 unspecified atom stereocenters. The highest BCUT2D eigenvalue weighted by molar-refractivity contribution is 6.06. The quantitative estimate of drug-likeness (QED) is 0.699. The van der Waals surface area contributed by atoms with Gasteiger partial charge in [0.25, 0.3) is 5.91 Å². The van der Waals surface area contributed by atoms with E-state index in [1.165, 1.54) is 0 Å². The van der Waals surface area contributed by atoms with Crippen molar-refractivity contribution in [2.75, 3.05) is 19.6 Å². The van der Waals surface area contributed by atoms with Crippen molar-refractivity contribution in [3.63, 3.8) is 0 Å². The summed E-state index contributed by atoms with van der Waals surface area (Å²) in [6.45, 7) is 3.43. The highest BCUT2D eigenvalue weighted by atomic mass is 16.3. The van der Waals surface area contributed by atoms with Crippen LogP contribution in [0.25, 0.3) is 10.8 Å². The zero-order valence-corrected chi connectivity index (χ0v) is 11.6. The van der Waals surface area contributed by atoms with E-state index in [9.17, 15) is 4.79 Å². The van der Waals surface area contributed by atoms with E-state index in [2.05, 4.69) is 10.6 Å². The van der Waals surface area contributed by atoms with E-state index < -0.39 is 0 Å². The molecule has 4 heteroatoms. The van der Waals surface area contributed by atoms with Gasteiger partial charge in [-0.3, -0.25) is 4.79 Å². The summed E-state index contributed by atoms with van der Waals surface area (Å²) < 4.78 is 0. The maximum atomic E-state index is 12.2. The summed E-state index contributed by atoms with van der Waals surface area (Å²) in [7, 11) is 0. The summed E-state index contributed by atoms with van der Waals surface area (Å²) >= 11 is 0. The molecule has 106 valence electrons. The molecular formula is C16H20N2O2. The second kappa shape index (κ2) is 7.03. The third-order valence-corrected chi connectivity index (χ3v) is 3.06. The summed E-state index contributed by atoms with van der Waals surface area (Å²) in [6.07, 6.45) is -0.372. The monoisotopic (exact) mass is 272 g/mol. The molecule has 1 amide bonds. The topological polar surface area (TPSA) is 61.4 Å². The van der Waals surface area contributed by atoms with Crippen LogP contribution < -0.4 is 10.6 Å². The van der Waals surface area contributed by atoms with Crippen LogP contribution in [0.15, 0.2) is 42.5 Å². The second-order valence-electron chi connectivity index (χ2n) is 4.84. The first-order valence-electron chi connectivity index (χ1n) is 6.83. The highest BCUT2D eigenvalue weighted by Crippen LogP contribution is 2.18. The van der Waals surface area contributed by atoms with Crippen LogP contribution in [0.5, 0.6) is 0 Å². The fraction of sp³-hybridized carbons (Fsp3) is 0.312. The summed E-state index contributed by atoms with van der Waals surface area (Å²) in [5.74, 6) is -0.0688. The number of carbonyl (C=O) groups is 1. The van der Waals surface area contributed by atoms with Gasteiger partial charge in [0.05, 0.1) is 6.10 Å². The van der Waals surface area contributed by atoms with Gasteiger partial charge in [-0.25, -0.2) is 0 Å². The molecule has 0 fully saturated rings. The van der Waals surface area contributed by atoms with E-state index in [0.29, 0.717) is 25.2 Å². The lowest BCUT2D eigenvalue weighted by Crippen LogP contribution is -2.34. The van der Waals surface area contributed by atoms with Crippen LogP contribution in [-0.4, -0.2) is 36.8 Å². The third-order valence-electron chi connectivity index (χ3n) is 3.06. The van der Waals surface area contributed by atoms with Gasteiger partial charge in [-0.2, -0.15) is 0 Å². The minimum Gasteiger partial charge on any atom is -0.392 e. The van der Waals surface area contributed by atoms with Gasteiger partial charge in [0.15, 0.2) is 0 Å². The molecule has 0 aliphatic carbocycles. The highest BCUT2D eigenvalue weighted by Gasteiger charge is 2.08. The SMILES string of the molecule is CC(O)CNCCNC(=O)c1cccc2ccccc12. The van der Waals surface area contributed by atoms with Crippen molar-refractivity contribution in [3.8, 4) is 0 Å². The van der Waals surface area contributed by atoms with Gasteiger partial charge in [0.2, 0.25) is 0 Å². The average Bonchev–Trinajstić information content (AvgIpc) is 2.45. The maximum absolute atomic E-state index is 12.2. The summed E-state index contributed by atoms with van der Waals surface area (Å²) in [5.41, 5.74) is 0.693. The summed E-state index contributed by atoms with van der Waals surface area (Å²) in [5, 5.41) is 17.1. The first-order valence-corrected chi connectivity index (χ1v) is 6.83. The molecule has 0 saturated carbocycles. The van der Waals surface area contributed by atoms with Gasteiger partial charge >= 0.3 is 0 Å². The molecule has 0 aliphatic rings. The van der Waals surface area contributed by atoms with Crippen molar-refractivity contribution in [3.05, 3.63) is 48.0 Å². The Balaban J connectivity index is 1.94. The Hall–Kier alpha value is -1.91. The van der Waals surface area contributed by atoms with Crippen molar-refractivity contribution >= 4 is 16.7 Å². The Morgan fingerprint density at radius 2 is 1.90 bits per heavy atom. The second-order valence-corrected chi connectivity index (χ2v) is 4.84. The first kappa shape index (κ1) is 14.5. The summed E-state index contributed by atoms with van der Waals surface area (Å²) in [6, 6.07) is 13.6. The summed E-state index contributed by atoms with van der Waals surface area (Å²) in [4.78, 5) is 12.2. The molecule has 4 nitrogen and oxygen atoms in total. The van der Waals surface area contributed by atoms with Gasteiger partial charge in [-0.1, -0.05) is 36.4 Å². The largest absolute Gasteiger partial charge is 0.392 e. The Morgan fingerprint density at radius 3 is 2.70 bits per heavy atom. The predicted molar refractivity (Wildman–Crippen MR) is 80.8 cm³/mol. The Labute approximate surface area is 118 Å². The van der Waals surface area contributed by atoms with Crippen LogP contribution in [0.4, 0.5) is 0 Å². The minimum atomic E-state index is -0.372. The fourth-order valence-corrected chi connectivity index (χ4v) is 2.09. The average molecular weight is 272 g/mol. The molecule has 0 heterocycles. The van der Waals surface area contributed by atoms with E-state index in [1.807, 2.05) is 42.5 Å². The zero-order chi connectivity index (χ0) is 14.4. The van der Waals surface area contributed by atoms with Gasteiger partial charge in [-0.15, -0.1) is 0 Å². The molecule has 0 radical (unpaired) electrons. The number of hydrogen-bond donors (Lipinski definition) is 3. The van der Waals surface area contributed by atoms with Crippen molar-refractivity contribution < 1.29 is 9.90 Å². The van der Waals surface area contributed by atoms with Gasteiger partial charge in [0.1, 0.15) is 0 Å². The Morgan fingerprint density at radius 1 is 1.15 bits per heavy atom. The zero-order valence-electron chi connectivity index (χ0n) is 11.6. The van der Waals surface area contributed by atoms with E-state index in [0.717, 1.165) is 10.8 Å². The molecule has 0 aliphatic heterocycles. The number of carbonyl (C=O) groups excluding carboxylic acids is 1. The normalized spacial score (nSPS) is 12.3. The van der Waals surface area contributed by atoms with Crippen molar-refractivity contribution in [1.82, 2.24) is 10.6 Å². The van der Waals surface area contributed by atoms with Crippen LogP contribution in [0.1, 0.15) is 17.3 Å². The number of aliphatic hydroxyl groups excluding tert-OH is 1.